The highest BCUT2D eigenvalue weighted by Crippen LogP contribution is 2.32. The van der Waals surface area contributed by atoms with Crippen LogP contribution in [0.5, 0.6) is 11.5 Å². The normalized spacial score (nSPS) is 14.9. The third-order valence-corrected chi connectivity index (χ3v) is 4.76. The molecule has 2 heterocycles. The van der Waals surface area contributed by atoms with Gasteiger partial charge in [-0.25, -0.2) is 4.98 Å². The van der Waals surface area contributed by atoms with Gasteiger partial charge in [0.15, 0.2) is 17.4 Å². The number of hydrogen-bond donors (Lipinski definition) is 1. The number of ether oxygens (including phenoxy) is 1. The van der Waals surface area contributed by atoms with Crippen LogP contribution in [-0.4, -0.2) is 23.9 Å². The number of piperidine rings is 1. The molecule has 0 bridgehead atoms. The molecular weight excluding hydrogens is 340 g/mol. The first-order chi connectivity index (χ1) is 13.2. The Labute approximate surface area is 158 Å². The van der Waals surface area contributed by atoms with Gasteiger partial charge in [0.05, 0.1) is 0 Å². The Morgan fingerprint density at radius 2 is 1.70 bits per heavy atom. The molecule has 3 aromatic rings. The Kier molecular flexibility index (Phi) is 5.03. The van der Waals surface area contributed by atoms with Crippen molar-refractivity contribution in [2.45, 2.75) is 25.7 Å². The second-order valence-electron chi connectivity index (χ2n) is 6.75. The first-order valence-electron chi connectivity index (χ1n) is 9.26. The van der Waals surface area contributed by atoms with Crippen LogP contribution in [0.2, 0.25) is 0 Å². The van der Waals surface area contributed by atoms with E-state index < -0.39 is 0 Å². The summed E-state index contributed by atoms with van der Waals surface area (Å²) in [6, 6.07) is 17.2. The average Bonchev–Trinajstić information content (AvgIpc) is 3.16. The van der Waals surface area contributed by atoms with Crippen LogP contribution >= 0.6 is 0 Å². The van der Waals surface area contributed by atoms with Crippen molar-refractivity contribution >= 4 is 5.78 Å². The minimum atomic E-state index is -0.109. The summed E-state index contributed by atoms with van der Waals surface area (Å²) in [5.74, 6) is 2.67. The van der Waals surface area contributed by atoms with Crippen molar-refractivity contribution in [3.63, 3.8) is 0 Å². The van der Waals surface area contributed by atoms with E-state index >= 15 is 0 Å². The lowest BCUT2D eigenvalue weighted by Crippen LogP contribution is -2.26. The summed E-state index contributed by atoms with van der Waals surface area (Å²) in [5, 5.41) is 3.34. The minimum Gasteiger partial charge on any atom is -0.457 e. The number of benzene rings is 2. The summed E-state index contributed by atoms with van der Waals surface area (Å²) in [4.78, 5) is 16.8. The molecule has 0 saturated carbocycles. The maximum Gasteiger partial charge on any atom is 0.198 e. The van der Waals surface area contributed by atoms with Crippen molar-refractivity contribution < 1.29 is 13.9 Å². The molecule has 27 heavy (non-hydrogen) atoms. The molecule has 1 aliphatic rings. The van der Waals surface area contributed by atoms with Gasteiger partial charge in [-0.3, -0.25) is 4.79 Å². The van der Waals surface area contributed by atoms with Crippen molar-refractivity contribution in [3.8, 4) is 22.8 Å². The van der Waals surface area contributed by atoms with Gasteiger partial charge in [-0.1, -0.05) is 18.2 Å². The van der Waals surface area contributed by atoms with Crippen LogP contribution in [0, 0.1) is 0 Å². The van der Waals surface area contributed by atoms with Crippen molar-refractivity contribution in [2.24, 2.45) is 0 Å². The summed E-state index contributed by atoms with van der Waals surface area (Å²) in [5.41, 5.74) is 1.46. The van der Waals surface area contributed by atoms with Crippen LogP contribution in [0.1, 0.15) is 42.1 Å². The van der Waals surface area contributed by atoms with Gasteiger partial charge in [0.25, 0.3) is 0 Å². The Hall–Kier alpha value is -2.92. The van der Waals surface area contributed by atoms with E-state index in [4.69, 9.17) is 9.15 Å². The fraction of sp³-hybridized carbons (Fsp3) is 0.273. The summed E-state index contributed by atoms with van der Waals surface area (Å²) in [7, 11) is 0. The molecule has 0 atom stereocenters. The zero-order valence-electron chi connectivity index (χ0n) is 15.3. The molecule has 5 nitrogen and oxygen atoms in total. The van der Waals surface area contributed by atoms with E-state index in [1.807, 2.05) is 54.6 Å². The molecule has 0 amide bonds. The predicted molar refractivity (Wildman–Crippen MR) is 103 cm³/mol. The second kappa shape index (κ2) is 7.76. The van der Waals surface area contributed by atoms with Gasteiger partial charge in [0.1, 0.15) is 17.2 Å². The van der Waals surface area contributed by atoms with E-state index in [0.29, 0.717) is 17.3 Å². The van der Waals surface area contributed by atoms with Gasteiger partial charge in [-0.2, -0.15) is 0 Å². The number of nitrogens with one attached hydrogen (secondary N) is 1. The summed E-state index contributed by atoms with van der Waals surface area (Å²) in [6.07, 6.45) is 1.95. The molecule has 1 aromatic heterocycles. The monoisotopic (exact) mass is 362 g/mol. The quantitative estimate of drug-likeness (QED) is 0.660. The number of aromatic nitrogens is 1. The van der Waals surface area contributed by atoms with E-state index in [-0.39, 0.29) is 11.7 Å². The zero-order valence-corrected chi connectivity index (χ0v) is 15.3. The number of nitrogens with zero attached hydrogens (tertiary/aromatic N) is 1. The van der Waals surface area contributed by atoms with Crippen molar-refractivity contribution in [1.29, 1.82) is 0 Å². The Morgan fingerprint density at radius 1 is 1.04 bits per heavy atom. The molecule has 1 N–H and O–H groups in total. The van der Waals surface area contributed by atoms with E-state index in [2.05, 4.69) is 10.3 Å². The molecule has 1 fully saturated rings. The van der Waals surface area contributed by atoms with Gasteiger partial charge < -0.3 is 14.5 Å². The van der Waals surface area contributed by atoms with Gasteiger partial charge in [0, 0.05) is 18.4 Å². The van der Waals surface area contributed by atoms with E-state index in [9.17, 15) is 4.79 Å². The van der Waals surface area contributed by atoms with Crippen LogP contribution in [0.4, 0.5) is 0 Å². The molecule has 4 rings (SSSR count). The highest BCUT2D eigenvalue weighted by atomic mass is 16.5. The number of ketones is 1. The fourth-order valence-corrected chi connectivity index (χ4v) is 3.32. The summed E-state index contributed by atoms with van der Waals surface area (Å²) < 4.78 is 11.7. The van der Waals surface area contributed by atoms with E-state index in [1.54, 1.807) is 0 Å². The summed E-state index contributed by atoms with van der Waals surface area (Å²) in [6.45, 7) is 3.41. The molecule has 0 unspecified atom stereocenters. The smallest absolute Gasteiger partial charge is 0.198 e. The zero-order chi connectivity index (χ0) is 18.6. The minimum absolute atomic E-state index is 0.109. The SMILES string of the molecule is CC(=O)c1oc(C2CCNCC2)nc1-c1ccc(Oc2ccccc2)cc1. The van der Waals surface area contributed by atoms with Crippen molar-refractivity contribution in [1.82, 2.24) is 10.3 Å². The standard InChI is InChI=1S/C22H22N2O3/c1-15(25)21-20(24-22(27-21)17-11-13-23-14-12-17)16-7-9-19(10-8-16)26-18-5-3-2-4-6-18/h2-10,17,23H,11-14H2,1H3. The van der Waals surface area contributed by atoms with Crippen molar-refractivity contribution in [2.75, 3.05) is 13.1 Å². The Bertz CT molecular complexity index is 910. The van der Waals surface area contributed by atoms with Crippen molar-refractivity contribution in [3.05, 3.63) is 66.2 Å². The first-order valence-corrected chi connectivity index (χ1v) is 9.26. The Balaban J connectivity index is 1.60. The molecule has 0 aliphatic carbocycles. The third-order valence-electron chi connectivity index (χ3n) is 4.76. The first kappa shape index (κ1) is 17.5. The van der Waals surface area contributed by atoms with Gasteiger partial charge in [-0.15, -0.1) is 0 Å². The Morgan fingerprint density at radius 3 is 2.37 bits per heavy atom. The molecule has 0 radical (unpaired) electrons. The molecule has 5 heteroatoms. The van der Waals surface area contributed by atoms with E-state index in [0.717, 1.165) is 43.0 Å². The average molecular weight is 362 g/mol. The topological polar surface area (TPSA) is 64.4 Å². The number of rotatable bonds is 5. The second-order valence-corrected chi connectivity index (χ2v) is 6.75. The largest absolute Gasteiger partial charge is 0.457 e. The van der Waals surface area contributed by atoms with Crippen LogP contribution in [0.15, 0.2) is 59.0 Å². The highest BCUT2D eigenvalue weighted by molar-refractivity contribution is 5.97. The van der Waals surface area contributed by atoms with E-state index in [1.165, 1.54) is 6.92 Å². The lowest BCUT2D eigenvalue weighted by atomic mass is 9.98. The maximum atomic E-state index is 12.1. The lowest BCUT2D eigenvalue weighted by molar-refractivity contribution is 0.0985. The predicted octanol–water partition coefficient (Wildman–Crippen LogP) is 4.80. The number of carbonyl (C=O) groups excluding carboxylic acids is 1. The lowest BCUT2D eigenvalue weighted by Gasteiger charge is -2.19. The molecule has 1 aliphatic heterocycles. The van der Waals surface area contributed by atoms with Gasteiger partial charge >= 0.3 is 0 Å². The van der Waals surface area contributed by atoms with Gasteiger partial charge in [-0.05, 0) is 62.3 Å². The molecule has 1 saturated heterocycles. The number of hydrogen-bond acceptors (Lipinski definition) is 5. The summed E-state index contributed by atoms with van der Waals surface area (Å²) >= 11 is 0. The number of para-hydroxylation sites is 1. The number of Topliss-reactive ketones (excluding diaryl/α,β-unsaturated/α-hetero) is 1. The number of oxazole rings is 1. The molecule has 0 spiro atoms. The maximum absolute atomic E-state index is 12.1. The molecule has 2 aromatic carbocycles. The number of carbonyl (C=O) groups is 1. The van der Waals surface area contributed by atoms with Crippen LogP contribution in [0.3, 0.4) is 0 Å². The third kappa shape index (κ3) is 3.93. The molecular formula is C22H22N2O3. The van der Waals surface area contributed by atoms with Crippen LogP contribution in [0.25, 0.3) is 11.3 Å². The highest BCUT2D eigenvalue weighted by Gasteiger charge is 2.25. The fourth-order valence-electron chi connectivity index (χ4n) is 3.32. The molecule has 138 valence electrons. The van der Waals surface area contributed by atoms with Crippen LogP contribution < -0.4 is 10.1 Å². The van der Waals surface area contributed by atoms with Gasteiger partial charge in [0.2, 0.25) is 0 Å². The van der Waals surface area contributed by atoms with Crippen LogP contribution in [-0.2, 0) is 0 Å².